The van der Waals surface area contributed by atoms with Gasteiger partial charge in [-0.25, -0.2) is 0 Å². The fourth-order valence-corrected chi connectivity index (χ4v) is 1.40. The molecule has 1 fully saturated rings. The molecular formula is C8H17NO. The normalized spacial score (nSPS) is 29.4. The SMILES string of the molecule is CC(C)[C@H](N)[C@H]1CCOC1. The largest absolute Gasteiger partial charge is 0.381 e. The number of ether oxygens (including phenoxy) is 1. The van der Waals surface area contributed by atoms with Crippen LogP contribution in [0.2, 0.25) is 0 Å². The molecule has 0 aliphatic carbocycles. The maximum Gasteiger partial charge on any atom is 0.0510 e. The summed E-state index contributed by atoms with van der Waals surface area (Å²) < 4.78 is 5.25. The lowest BCUT2D eigenvalue weighted by atomic mass is 9.91. The first-order chi connectivity index (χ1) is 4.72. The second-order valence-corrected chi connectivity index (χ2v) is 3.45. The van der Waals surface area contributed by atoms with Crippen molar-refractivity contribution in [3.8, 4) is 0 Å². The minimum atomic E-state index is 0.336. The van der Waals surface area contributed by atoms with Gasteiger partial charge in [-0.05, 0) is 18.3 Å². The number of rotatable bonds is 2. The number of hydrogen-bond donors (Lipinski definition) is 1. The van der Waals surface area contributed by atoms with Crippen molar-refractivity contribution in [3.63, 3.8) is 0 Å². The Hall–Kier alpha value is -0.0800. The highest BCUT2D eigenvalue weighted by Crippen LogP contribution is 2.19. The molecule has 0 unspecified atom stereocenters. The molecule has 1 heterocycles. The molecule has 1 rings (SSSR count). The first kappa shape index (κ1) is 8.02. The molecule has 2 nitrogen and oxygen atoms in total. The van der Waals surface area contributed by atoms with Crippen LogP contribution in [-0.4, -0.2) is 19.3 Å². The molecule has 2 atom stereocenters. The van der Waals surface area contributed by atoms with Gasteiger partial charge < -0.3 is 10.5 Å². The van der Waals surface area contributed by atoms with E-state index < -0.39 is 0 Å². The highest BCUT2D eigenvalue weighted by Gasteiger charge is 2.24. The van der Waals surface area contributed by atoms with E-state index in [4.69, 9.17) is 10.5 Å². The monoisotopic (exact) mass is 143 g/mol. The van der Waals surface area contributed by atoms with Gasteiger partial charge in [0.25, 0.3) is 0 Å². The average molecular weight is 143 g/mol. The molecule has 0 saturated carbocycles. The second-order valence-electron chi connectivity index (χ2n) is 3.45. The van der Waals surface area contributed by atoms with E-state index in [0.29, 0.717) is 17.9 Å². The van der Waals surface area contributed by atoms with E-state index in [1.807, 2.05) is 0 Å². The highest BCUT2D eigenvalue weighted by atomic mass is 16.5. The predicted octanol–water partition coefficient (Wildman–Crippen LogP) is 1.01. The zero-order valence-corrected chi connectivity index (χ0v) is 6.84. The summed E-state index contributed by atoms with van der Waals surface area (Å²) >= 11 is 0. The topological polar surface area (TPSA) is 35.2 Å². The minimum Gasteiger partial charge on any atom is -0.381 e. The van der Waals surface area contributed by atoms with E-state index in [1.54, 1.807) is 0 Å². The molecule has 1 aliphatic rings. The third-order valence-corrected chi connectivity index (χ3v) is 2.28. The molecule has 0 spiro atoms. The summed E-state index contributed by atoms with van der Waals surface area (Å²) in [5, 5.41) is 0. The fraction of sp³-hybridized carbons (Fsp3) is 1.00. The Labute approximate surface area is 62.7 Å². The summed E-state index contributed by atoms with van der Waals surface area (Å²) in [6.07, 6.45) is 1.15. The van der Waals surface area contributed by atoms with E-state index in [-0.39, 0.29) is 0 Å². The van der Waals surface area contributed by atoms with Crippen LogP contribution < -0.4 is 5.73 Å². The molecule has 60 valence electrons. The molecule has 2 N–H and O–H groups in total. The van der Waals surface area contributed by atoms with Crippen LogP contribution >= 0.6 is 0 Å². The maximum absolute atomic E-state index is 5.94. The maximum atomic E-state index is 5.94. The lowest BCUT2D eigenvalue weighted by Crippen LogP contribution is -2.35. The van der Waals surface area contributed by atoms with Crippen LogP contribution in [0.3, 0.4) is 0 Å². The van der Waals surface area contributed by atoms with Crippen LogP contribution in [0.1, 0.15) is 20.3 Å². The summed E-state index contributed by atoms with van der Waals surface area (Å²) in [4.78, 5) is 0. The summed E-state index contributed by atoms with van der Waals surface area (Å²) in [7, 11) is 0. The Morgan fingerprint density at radius 3 is 2.60 bits per heavy atom. The molecule has 2 heteroatoms. The minimum absolute atomic E-state index is 0.336. The molecule has 0 radical (unpaired) electrons. The predicted molar refractivity (Wildman–Crippen MR) is 41.7 cm³/mol. The first-order valence-corrected chi connectivity index (χ1v) is 4.05. The van der Waals surface area contributed by atoms with Crippen LogP contribution in [0.25, 0.3) is 0 Å². The number of hydrogen-bond acceptors (Lipinski definition) is 2. The van der Waals surface area contributed by atoms with Gasteiger partial charge in [-0.1, -0.05) is 13.8 Å². The first-order valence-electron chi connectivity index (χ1n) is 4.05. The Balaban J connectivity index is 2.32. The summed E-state index contributed by atoms with van der Waals surface area (Å²) in [6, 6.07) is 0.336. The van der Waals surface area contributed by atoms with Gasteiger partial charge >= 0.3 is 0 Å². The molecule has 0 bridgehead atoms. The van der Waals surface area contributed by atoms with Crippen molar-refractivity contribution in [1.82, 2.24) is 0 Å². The van der Waals surface area contributed by atoms with Gasteiger partial charge in [-0.3, -0.25) is 0 Å². The van der Waals surface area contributed by atoms with Gasteiger partial charge in [-0.2, -0.15) is 0 Å². The molecule has 0 aromatic carbocycles. The Kier molecular flexibility index (Phi) is 2.69. The quantitative estimate of drug-likeness (QED) is 0.626. The van der Waals surface area contributed by atoms with E-state index in [2.05, 4.69) is 13.8 Å². The molecule has 0 amide bonds. The van der Waals surface area contributed by atoms with Gasteiger partial charge in [0.2, 0.25) is 0 Å². The Bertz CT molecular complexity index is 97.4. The van der Waals surface area contributed by atoms with E-state index in [0.717, 1.165) is 19.6 Å². The van der Waals surface area contributed by atoms with Crippen LogP contribution in [-0.2, 0) is 4.74 Å². The number of nitrogens with two attached hydrogens (primary N) is 1. The second kappa shape index (κ2) is 3.35. The van der Waals surface area contributed by atoms with Gasteiger partial charge in [0.15, 0.2) is 0 Å². The van der Waals surface area contributed by atoms with Gasteiger partial charge in [0, 0.05) is 12.6 Å². The standard InChI is InChI=1S/C8H17NO/c1-6(2)8(9)7-3-4-10-5-7/h6-8H,3-5,9H2,1-2H3/t7-,8-/m0/s1. The lowest BCUT2D eigenvalue weighted by Gasteiger charge is -2.20. The van der Waals surface area contributed by atoms with Crippen LogP contribution in [0.5, 0.6) is 0 Å². The zero-order valence-electron chi connectivity index (χ0n) is 6.84. The molecule has 0 aromatic rings. The lowest BCUT2D eigenvalue weighted by molar-refractivity contribution is 0.175. The van der Waals surface area contributed by atoms with E-state index >= 15 is 0 Å². The average Bonchev–Trinajstić information content (AvgIpc) is 2.36. The summed E-state index contributed by atoms with van der Waals surface area (Å²) in [5.41, 5.74) is 5.94. The summed E-state index contributed by atoms with van der Waals surface area (Å²) in [6.45, 7) is 6.12. The zero-order chi connectivity index (χ0) is 7.56. The Morgan fingerprint density at radius 2 is 2.20 bits per heavy atom. The van der Waals surface area contributed by atoms with Crippen molar-refractivity contribution in [2.45, 2.75) is 26.3 Å². The van der Waals surface area contributed by atoms with E-state index in [9.17, 15) is 0 Å². The smallest absolute Gasteiger partial charge is 0.0510 e. The van der Waals surface area contributed by atoms with Crippen molar-refractivity contribution in [2.75, 3.05) is 13.2 Å². The van der Waals surface area contributed by atoms with Crippen molar-refractivity contribution in [3.05, 3.63) is 0 Å². The molecule has 1 aliphatic heterocycles. The third kappa shape index (κ3) is 1.70. The Morgan fingerprint density at radius 1 is 1.50 bits per heavy atom. The van der Waals surface area contributed by atoms with Gasteiger partial charge in [0.1, 0.15) is 0 Å². The summed E-state index contributed by atoms with van der Waals surface area (Å²) in [5.74, 6) is 1.20. The van der Waals surface area contributed by atoms with E-state index in [1.165, 1.54) is 0 Å². The fourth-order valence-electron chi connectivity index (χ4n) is 1.40. The highest BCUT2D eigenvalue weighted by molar-refractivity contribution is 4.78. The molecular weight excluding hydrogens is 126 g/mol. The molecule has 0 aromatic heterocycles. The van der Waals surface area contributed by atoms with Gasteiger partial charge in [-0.15, -0.1) is 0 Å². The third-order valence-electron chi connectivity index (χ3n) is 2.28. The van der Waals surface area contributed by atoms with Gasteiger partial charge in [0.05, 0.1) is 6.61 Å². The van der Waals surface area contributed by atoms with Crippen molar-refractivity contribution in [2.24, 2.45) is 17.6 Å². The van der Waals surface area contributed by atoms with Crippen molar-refractivity contribution in [1.29, 1.82) is 0 Å². The molecule has 10 heavy (non-hydrogen) atoms. The van der Waals surface area contributed by atoms with Crippen LogP contribution in [0.4, 0.5) is 0 Å². The van der Waals surface area contributed by atoms with Crippen molar-refractivity contribution < 1.29 is 4.74 Å². The van der Waals surface area contributed by atoms with Crippen LogP contribution in [0, 0.1) is 11.8 Å². The van der Waals surface area contributed by atoms with Crippen LogP contribution in [0.15, 0.2) is 0 Å². The molecule has 1 saturated heterocycles. The van der Waals surface area contributed by atoms with Crippen molar-refractivity contribution >= 4 is 0 Å².